The molecule has 2 aromatic carbocycles. The Morgan fingerprint density at radius 2 is 1.71 bits per heavy atom. The van der Waals surface area contributed by atoms with Gasteiger partial charge in [-0.05, 0) is 67.8 Å². The predicted molar refractivity (Wildman–Crippen MR) is 93.7 cm³/mol. The zero-order chi connectivity index (χ0) is 15.4. The molecule has 6 heteroatoms. The highest BCUT2D eigenvalue weighted by Crippen LogP contribution is 2.34. The molecule has 0 unspecified atom stereocenters. The molecule has 0 aliphatic heterocycles. The quantitative estimate of drug-likeness (QED) is 0.673. The molecule has 0 saturated heterocycles. The van der Waals surface area contributed by atoms with Crippen LogP contribution in [0, 0.1) is 0 Å². The minimum Gasteiger partial charge on any atom is -0.495 e. The summed E-state index contributed by atoms with van der Waals surface area (Å²) in [5.74, 6) is 1.45. The van der Waals surface area contributed by atoms with Crippen LogP contribution in [0.5, 0.6) is 11.5 Å². The molecule has 3 nitrogen and oxygen atoms in total. The topological polar surface area (TPSA) is 30.5 Å². The number of hydrogen-bond acceptors (Lipinski definition) is 3. The number of ether oxygens (including phenoxy) is 2. The average molecular weight is 436 g/mol. The maximum atomic E-state index is 6.10. The Morgan fingerprint density at radius 1 is 1.05 bits per heavy atom. The van der Waals surface area contributed by atoms with E-state index in [1.807, 2.05) is 30.3 Å². The summed E-state index contributed by atoms with van der Waals surface area (Å²) in [6.45, 7) is 0.670. The SMILES string of the molecule is COc1ccc(NCc2cc(Br)c(OC)c(Br)c2)cc1Cl. The van der Waals surface area contributed by atoms with Crippen molar-refractivity contribution in [1.82, 2.24) is 0 Å². The second-order valence-electron chi connectivity index (χ2n) is 4.30. The summed E-state index contributed by atoms with van der Waals surface area (Å²) >= 11 is 13.1. The summed E-state index contributed by atoms with van der Waals surface area (Å²) < 4.78 is 12.2. The first kappa shape index (κ1) is 16.5. The highest BCUT2D eigenvalue weighted by Gasteiger charge is 2.08. The molecule has 0 amide bonds. The predicted octanol–water partition coefficient (Wildman–Crippen LogP) is 5.49. The molecular weight excluding hydrogens is 421 g/mol. The van der Waals surface area contributed by atoms with Crippen LogP contribution in [0.4, 0.5) is 5.69 Å². The molecule has 1 N–H and O–H groups in total. The van der Waals surface area contributed by atoms with E-state index in [9.17, 15) is 0 Å². The summed E-state index contributed by atoms with van der Waals surface area (Å²) in [5, 5.41) is 3.91. The van der Waals surface area contributed by atoms with Crippen LogP contribution in [0.1, 0.15) is 5.56 Å². The molecule has 0 radical (unpaired) electrons. The van der Waals surface area contributed by atoms with E-state index in [2.05, 4.69) is 37.2 Å². The number of benzene rings is 2. The van der Waals surface area contributed by atoms with E-state index in [-0.39, 0.29) is 0 Å². The van der Waals surface area contributed by atoms with Gasteiger partial charge in [0.1, 0.15) is 11.5 Å². The van der Waals surface area contributed by atoms with Crippen LogP contribution in [0.3, 0.4) is 0 Å². The standard InChI is InChI=1S/C15H14Br2ClNO2/c1-20-14-4-3-10(7-13(14)18)19-8-9-5-11(16)15(21-2)12(17)6-9/h3-7,19H,8H2,1-2H3. The summed E-state index contributed by atoms with van der Waals surface area (Å²) in [4.78, 5) is 0. The van der Waals surface area contributed by atoms with Crippen LogP contribution in [0.15, 0.2) is 39.3 Å². The fraction of sp³-hybridized carbons (Fsp3) is 0.200. The van der Waals surface area contributed by atoms with Gasteiger partial charge in [-0.1, -0.05) is 11.6 Å². The van der Waals surface area contributed by atoms with Crippen molar-refractivity contribution in [1.29, 1.82) is 0 Å². The molecule has 0 fully saturated rings. The van der Waals surface area contributed by atoms with Crippen molar-refractivity contribution in [2.45, 2.75) is 6.54 Å². The smallest absolute Gasteiger partial charge is 0.147 e. The van der Waals surface area contributed by atoms with Gasteiger partial charge in [-0.3, -0.25) is 0 Å². The van der Waals surface area contributed by atoms with Crippen LogP contribution in [0.25, 0.3) is 0 Å². The zero-order valence-electron chi connectivity index (χ0n) is 11.5. The lowest BCUT2D eigenvalue weighted by molar-refractivity contribution is 0.409. The summed E-state index contributed by atoms with van der Waals surface area (Å²) in [7, 11) is 3.24. The fourth-order valence-electron chi connectivity index (χ4n) is 1.89. The number of hydrogen-bond donors (Lipinski definition) is 1. The van der Waals surface area contributed by atoms with Gasteiger partial charge in [0.15, 0.2) is 0 Å². The summed E-state index contributed by atoms with van der Waals surface area (Å²) in [6, 6.07) is 9.64. The van der Waals surface area contributed by atoms with Crippen molar-refractivity contribution in [3.8, 4) is 11.5 Å². The lowest BCUT2D eigenvalue weighted by atomic mass is 10.2. The number of anilines is 1. The second-order valence-corrected chi connectivity index (χ2v) is 6.41. The van der Waals surface area contributed by atoms with Crippen LogP contribution < -0.4 is 14.8 Å². The fourth-order valence-corrected chi connectivity index (χ4v) is 3.75. The molecule has 112 valence electrons. The maximum absolute atomic E-state index is 6.10. The lowest BCUT2D eigenvalue weighted by Gasteiger charge is -2.12. The molecule has 0 bridgehead atoms. The molecule has 2 aromatic rings. The average Bonchev–Trinajstić information content (AvgIpc) is 2.45. The van der Waals surface area contributed by atoms with Crippen LogP contribution in [-0.4, -0.2) is 14.2 Å². The van der Waals surface area contributed by atoms with Crippen molar-refractivity contribution in [2.75, 3.05) is 19.5 Å². The zero-order valence-corrected chi connectivity index (χ0v) is 15.5. The Bertz CT molecular complexity index is 627. The summed E-state index contributed by atoms with van der Waals surface area (Å²) in [5.41, 5.74) is 2.05. The molecule has 0 saturated carbocycles. The Morgan fingerprint density at radius 3 is 2.24 bits per heavy atom. The largest absolute Gasteiger partial charge is 0.495 e. The molecular formula is C15H14Br2ClNO2. The number of halogens is 3. The van der Waals surface area contributed by atoms with Crippen molar-refractivity contribution < 1.29 is 9.47 Å². The minimum absolute atomic E-state index is 0.583. The normalized spacial score (nSPS) is 10.3. The molecule has 2 rings (SSSR count). The van der Waals surface area contributed by atoms with Crippen LogP contribution in [-0.2, 0) is 6.54 Å². The third-order valence-corrected chi connectivity index (χ3v) is 4.38. The molecule has 0 atom stereocenters. The Balaban J connectivity index is 2.11. The van der Waals surface area contributed by atoms with Crippen molar-refractivity contribution in [3.05, 3.63) is 49.9 Å². The Labute approximate surface area is 145 Å². The van der Waals surface area contributed by atoms with Gasteiger partial charge in [0.25, 0.3) is 0 Å². The number of rotatable bonds is 5. The van der Waals surface area contributed by atoms with Crippen molar-refractivity contribution in [2.24, 2.45) is 0 Å². The summed E-state index contributed by atoms with van der Waals surface area (Å²) in [6.07, 6.45) is 0. The van der Waals surface area contributed by atoms with Crippen molar-refractivity contribution >= 4 is 49.1 Å². The maximum Gasteiger partial charge on any atom is 0.147 e. The molecule has 21 heavy (non-hydrogen) atoms. The third-order valence-electron chi connectivity index (χ3n) is 2.91. The number of methoxy groups -OCH3 is 2. The van der Waals surface area contributed by atoms with Gasteiger partial charge < -0.3 is 14.8 Å². The van der Waals surface area contributed by atoms with Gasteiger partial charge >= 0.3 is 0 Å². The van der Waals surface area contributed by atoms with Gasteiger partial charge in [-0.2, -0.15) is 0 Å². The van der Waals surface area contributed by atoms with E-state index >= 15 is 0 Å². The molecule has 0 aliphatic carbocycles. The van der Waals surface area contributed by atoms with Gasteiger partial charge in [0.05, 0.1) is 28.2 Å². The monoisotopic (exact) mass is 433 g/mol. The van der Waals surface area contributed by atoms with Gasteiger partial charge in [-0.15, -0.1) is 0 Å². The first-order chi connectivity index (χ1) is 10.0. The molecule has 0 spiro atoms. The van der Waals surface area contributed by atoms with Crippen molar-refractivity contribution in [3.63, 3.8) is 0 Å². The van der Waals surface area contributed by atoms with Gasteiger partial charge in [0.2, 0.25) is 0 Å². The Hall–Kier alpha value is -0.910. The van der Waals surface area contributed by atoms with Gasteiger partial charge in [-0.25, -0.2) is 0 Å². The van der Waals surface area contributed by atoms with E-state index in [0.29, 0.717) is 17.3 Å². The Kier molecular flexibility index (Phi) is 5.79. The third kappa shape index (κ3) is 4.05. The van der Waals surface area contributed by atoms with E-state index in [1.54, 1.807) is 14.2 Å². The highest BCUT2D eigenvalue weighted by molar-refractivity contribution is 9.11. The van der Waals surface area contributed by atoms with Crippen LogP contribution in [0.2, 0.25) is 5.02 Å². The first-order valence-corrected chi connectivity index (χ1v) is 8.11. The second kappa shape index (κ2) is 7.38. The lowest BCUT2D eigenvalue weighted by Crippen LogP contribution is -2.00. The minimum atomic E-state index is 0.583. The van der Waals surface area contributed by atoms with Gasteiger partial charge in [0, 0.05) is 12.2 Å². The van der Waals surface area contributed by atoms with E-state index in [0.717, 1.165) is 25.9 Å². The molecule has 0 heterocycles. The van der Waals surface area contributed by atoms with E-state index < -0.39 is 0 Å². The highest BCUT2D eigenvalue weighted by atomic mass is 79.9. The van der Waals surface area contributed by atoms with E-state index in [4.69, 9.17) is 21.1 Å². The van der Waals surface area contributed by atoms with Crippen LogP contribution >= 0.6 is 43.5 Å². The molecule has 0 aliphatic rings. The molecule has 0 aromatic heterocycles. The first-order valence-electron chi connectivity index (χ1n) is 6.14. The number of nitrogens with one attached hydrogen (secondary N) is 1. The van der Waals surface area contributed by atoms with E-state index in [1.165, 1.54) is 0 Å².